The van der Waals surface area contributed by atoms with Gasteiger partial charge in [-0.05, 0) is 37.1 Å². The molecular weight excluding hydrogens is 320 g/mol. The molecule has 23 heavy (non-hydrogen) atoms. The Labute approximate surface area is 133 Å². The predicted molar refractivity (Wildman–Crippen MR) is 80.9 cm³/mol. The van der Waals surface area contributed by atoms with E-state index in [0.29, 0.717) is 11.5 Å². The van der Waals surface area contributed by atoms with E-state index in [1.165, 1.54) is 16.8 Å². The van der Waals surface area contributed by atoms with Gasteiger partial charge < -0.3 is 5.11 Å². The van der Waals surface area contributed by atoms with Crippen LogP contribution in [-0.4, -0.2) is 34.3 Å². The second kappa shape index (κ2) is 5.74. The summed E-state index contributed by atoms with van der Waals surface area (Å²) in [5.74, 6) is -0.691. The number of benzene rings is 1. The molecule has 3 rings (SSSR count). The number of carboxylic acid groups (broad SMARTS) is 1. The lowest BCUT2D eigenvalue weighted by atomic mass is 10.1. The molecule has 0 radical (unpaired) electrons. The average Bonchev–Trinajstić information content (AvgIpc) is 3.15. The van der Waals surface area contributed by atoms with Gasteiger partial charge in [-0.1, -0.05) is 12.8 Å². The van der Waals surface area contributed by atoms with Gasteiger partial charge in [0.05, 0.1) is 10.6 Å². The number of aromatic carboxylic acids is 1. The van der Waals surface area contributed by atoms with Crippen LogP contribution in [0, 0.1) is 0 Å². The third-order valence-corrected chi connectivity index (χ3v) is 4.88. The van der Waals surface area contributed by atoms with E-state index in [1.807, 2.05) is 0 Å². The lowest BCUT2D eigenvalue weighted by molar-refractivity contribution is 0.0683. The van der Waals surface area contributed by atoms with Crippen molar-refractivity contribution in [2.75, 3.05) is 0 Å². The molecule has 1 aliphatic rings. The number of rotatable bonds is 4. The first-order valence-corrected chi connectivity index (χ1v) is 8.74. The van der Waals surface area contributed by atoms with E-state index in [9.17, 15) is 13.2 Å². The molecule has 3 N–H and O–H groups in total. The molecular formula is C14H16N4O4S. The van der Waals surface area contributed by atoms with E-state index < -0.39 is 16.0 Å². The quantitative estimate of drug-likeness (QED) is 0.865. The van der Waals surface area contributed by atoms with E-state index in [0.717, 1.165) is 25.7 Å². The van der Waals surface area contributed by atoms with Crippen LogP contribution in [-0.2, 0) is 10.0 Å². The summed E-state index contributed by atoms with van der Waals surface area (Å²) < 4.78 is 24.1. The molecule has 9 heteroatoms. The molecule has 1 saturated carbocycles. The van der Waals surface area contributed by atoms with Gasteiger partial charge in [-0.2, -0.15) is 0 Å². The SMILES string of the molecule is NS(=O)(=O)c1ccc(-n2nc(C(=O)O)nc2C2CCCC2)cc1. The maximum atomic E-state index is 11.3. The van der Waals surface area contributed by atoms with Gasteiger partial charge in [0.25, 0.3) is 5.82 Å². The van der Waals surface area contributed by atoms with E-state index in [-0.39, 0.29) is 16.6 Å². The molecule has 1 heterocycles. The fraction of sp³-hybridized carbons (Fsp3) is 0.357. The topological polar surface area (TPSA) is 128 Å². The first-order valence-electron chi connectivity index (χ1n) is 7.20. The van der Waals surface area contributed by atoms with Crippen molar-refractivity contribution >= 4 is 16.0 Å². The van der Waals surface area contributed by atoms with Crippen LogP contribution in [0.15, 0.2) is 29.2 Å². The van der Waals surface area contributed by atoms with Crippen molar-refractivity contribution in [2.24, 2.45) is 5.14 Å². The van der Waals surface area contributed by atoms with Gasteiger partial charge in [0.15, 0.2) is 0 Å². The van der Waals surface area contributed by atoms with Crippen LogP contribution in [0.1, 0.15) is 48.0 Å². The third kappa shape index (κ3) is 3.10. The molecule has 2 aromatic rings. The largest absolute Gasteiger partial charge is 0.475 e. The Morgan fingerprint density at radius 1 is 1.22 bits per heavy atom. The minimum atomic E-state index is -3.78. The predicted octanol–water partition coefficient (Wildman–Crippen LogP) is 1.27. The van der Waals surface area contributed by atoms with Crippen LogP contribution in [0.4, 0.5) is 0 Å². The Balaban J connectivity index is 2.05. The number of nitrogens with zero attached hydrogens (tertiary/aromatic N) is 3. The molecule has 122 valence electrons. The van der Waals surface area contributed by atoms with E-state index in [2.05, 4.69) is 10.1 Å². The zero-order valence-corrected chi connectivity index (χ0v) is 13.0. The van der Waals surface area contributed by atoms with Crippen molar-refractivity contribution in [1.82, 2.24) is 14.8 Å². The fourth-order valence-corrected chi connectivity index (χ4v) is 3.35. The molecule has 0 amide bonds. The van der Waals surface area contributed by atoms with Gasteiger partial charge in [0.2, 0.25) is 10.0 Å². The summed E-state index contributed by atoms with van der Waals surface area (Å²) in [5.41, 5.74) is 0.555. The van der Waals surface area contributed by atoms with Gasteiger partial charge in [-0.3, -0.25) is 0 Å². The maximum absolute atomic E-state index is 11.3. The molecule has 0 bridgehead atoms. The first kappa shape index (κ1) is 15.6. The van der Waals surface area contributed by atoms with Gasteiger partial charge in [0.1, 0.15) is 5.82 Å². The Bertz CT molecular complexity index is 836. The Hall–Kier alpha value is -2.26. The van der Waals surface area contributed by atoms with Crippen molar-refractivity contribution in [3.05, 3.63) is 35.9 Å². The van der Waals surface area contributed by atoms with Crippen LogP contribution in [0.2, 0.25) is 0 Å². The van der Waals surface area contributed by atoms with E-state index >= 15 is 0 Å². The zero-order valence-electron chi connectivity index (χ0n) is 12.2. The second-order valence-electron chi connectivity index (χ2n) is 5.53. The number of hydrogen-bond acceptors (Lipinski definition) is 5. The van der Waals surface area contributed by atoms with Crippen LogP contribution >= 0.6 is 0 Å². The van der Waals surface area contributed by atoms with Gasteiger partial charge in [0, 0.05) is 5.92 Å². The van der Waals surface area contributed by atoms with Crippen LogP contribution in [0.25, 0.3) is 5.69 Å². The lowest BCUT2D eigenvalue weighted by Crippen LogP contribution is -2.12. The van der Waals surface area contributed by atoms with Gasteiger partial charge in [-0.15, -0.1) is 5.10 Å². The molecule has 0 saturated heterocycles. The number of carboxylic acids is 1. The number of aromatic nitrogens is 3. The zero-order chi connectivity index (χ0) is 16.6. The molecule has 0 aliphatic heterocycles. The van der Waals surface area contributed by atoms with E-state index in [1.54, 1.807) is 12.1 Å². The van der Waals surface area contributed by atoms with Crippen molar-refractivity contribution in [3.63, 3.8) is 0 Å². The van der Waals surface area contributed by atoms with Crippen molar-refractivity contribution in [3.8, 4) is 5.69 Å². The highest BCUT2D eigenvalue weighted by atomic mass is 32.2. The molecule has 1 aliphatic carbocycles. The standard InChI is InChI=1S/C14H16N4O4S/c15-23(21,22)11-7-5-10(6-8-11)18-13(9-3-1-2-4-9)16-12(17-18)14(19)20/h5-9H,1-4H2,(H,19,20)(H2,15,21,22). The Morgan fingerprint density at radius 3 is 2.35 bits per heavy atom. The van der Waals surface area contributed by atoms with Crippen LogP contribution in [0.5, 0.6) is 0 Å². The Kier molecular flexibility index (Phi) is 3.90. The average molecular weight is 336 g/mol. The minimum absolute atomic E-state index is 0.0118. The smallest absolute Gasteiger partial charge is 0.375 e. The molecule has 8 nitrogen and oxygen atoms in total. The summed E-state index contributed by atoms with van der Waals surface area (Å²) in [6.45, 7) is 0. The third-order valence-electron chi connectivity index (χ3n) is 3.95. The minimum Gasteiger partial charge on any atom is -0.475 e. The fourth-order valence-electron chi connectivity index (χ4n) is 2.83. The molecule has 1 aromatic carbocycles. The molecule has 1 fully saturated rings. The molecule has 0 atom stereocenters. The molecule has 1 aromatic heterocycles. The number of nitrogens with two attached hydrogens (primary N) is 1. The van der Waals surface area contributed by atoms with Crippen molar-refractivity contribution in [2.45, 2.75) is 36.5 Å². The monoisotopic (exact) mass is 336 g/mol. The number of sulfonamides is 1. The van der Waals surface area contributed by atoms with Crippen molar-refractivity contribution in [1.29, 1.82) is 0 Å². The first-order chi connectivity index (χ1) is 10.9. The molecule has 0 unspecified atom stereocenters. The summed E-state index contributed by atoms with van der Waals surface area (Å²) in [5, 5.41) is 18.2. The summed E-state index contributed by atoms with van der Waals surface area (Å²) in [6, 6.07) is 5.81. The van der Waals surface area contributed by atoms with Gasteiger partial charge in [-0.25, -0.2) is 28.0 Å². The summed E-state index contributed by atoms with van der Waals surface area (Å²) in [6.07, 6.45) is 4.02. The maximum Gasteiger partial charge on any atom is 0.375 e. The van der Waals surface area contributed by atoms with Crippen molar-refractivity contribution < 1.29 is 18.3 Å². The van der Waals surface area contributed by atoms with E-state index in [4.69, 9.17) is 10.2 Å². The number of primary sulfonamides is 1. The summed E-state index contributed by atoms with van der Waals surface area (Å²) in [7, 11) is -3.78. The highest BCUT2D eigenvalue weighted by Crippen LogP contribution is 2.34. The normalized spacial score (nSPS) is 15.9. The molecule has 0 spiro atoms. The summed E-state index contributed by atoms with van der Waals surface area (Å²) in [4.78, 5) is 15.3. The summed E-state index contributed by atoms with van der Waals surface area (Å²) >= 11 is 0. The second-order valence-corrected chi connectivity index (χ2v) is 7.09. The number of hydrogen-bond donors (Lipinski definition) is 2. The highest BCUT2D eigenvalue weighted by molar-refractivity contribution is 7.89. The van der Waals surface area contributed by atoms with Gasteiger partial charge >= 0.3 is 5.97 Å². The Morgan fingerprint density at radius 2 is 1.83 bits per heavy atom. The number of carbonyl (C=O) groups is 1. The highest BCUT2D eigenvalue weighted by Gasteiger charge is 2.26. The van der Waals surface area contributed by atoms with Crippen LogP contribution in [0.3, 0.4) is 0 Å². The van der Waals surface area contributed by atoms with Crippen LogP contribution < -0.4 is 5.14 Å². The lowest BCUT2D eigenvalue weighted by Gasteiger charge is -2.11.